The molecule has 2 rings (SSSR count). The number of aromatic nitrogens is 1. The molecule has 1 amide bonds. The molecule has 0 saturated carbocycles. The Labute approximate surface area is 101 Å². The van der Waals surface area contributed by atoms with E-state index in [0.29, 0.717) is 0 Å². The number of non-ortho nitro benzene ring substituents is 1. The van der Waals surface area contributed by atoms with Crippen LogP contribution < -0.4 is 11.1 Å². The topological polar surface area (TPSA) is 124 Å². The maximum absolute atomic E-state index is 10.9. The number of oxazole rings is 1. The number of hydrogen-bond acceptors (Lipinski definition) is 6. The van der Waals surface area contributed by atoms with Crippen LogP contribution in [0.15, 0.2) is 22.6 Å². The third kappa shape index (κ3) is 2.08. The van der Waals surface area contributed by atoms with Gasteiger partial charge in [0, 0.05) is 6.07 Å². The Morgan fingerprint density at radius 2 is 2.33 bits per heavy atom. The summed E-state index contributed by atoms with van der Waals surface area (Å²) < 4.78 is 5.25. The lowest BCUT2D eigenvalue weighted by Gasteiger charge is -2.05. The highest BCUT2D eigenvalue weighted by Gasteiger charge is 2.19. The van der Waals surface area contributed by atoms with E-state index < -0.39 is 16.9 Å². The minimum Gasteiger partial charge on any atom is -0.423 e. The van der Waals surface area contributed by atoms with E-state index in [0.717, 1.165) is 0 Å². The molecule has 8 heteroatoms. The Morgan fingerprint density at radius 3 is 2.94 bits per heavy atom. The smallest absolute Gasteiger partial charge is 0.298 e. The summed E-state index contributed by atoms with van der Waals surface area (Å²) in [5.74, 6) is -0.577. The summed E-state index contributed by atoms with van der Waals surface area (Å²) in [4.78, 5) is 25.0. The van der Waals surface area contributed by atoms with Crippen molar-refractivity contribution in [3.8, 4) is 0 Å². The fraction of sp³-hybridized carbons (Fsp3) is 0.200. The summed E-state index contributed by atoms with van der Waals surface area (Å²) in [7, 11) is 0. The predicted octanol–water partition coefficient (Wildman–Crippen LogP) is 1.02. The number of primary amides is 1. The Kier molecular flexibility index (Phi) is 2.84. The average molecular weight is 250 g/mol. The molecule has 1 unspecified atom stereocenters. The first-order chi connectivity index (χ1) is 8.49. The van der Waals surface area contributed by atoms with E-state index in [4.69, 9.17) is 10.2 Å². The van der Waals surface area contributed by atoms with Crippen molar-refractivity contribution in [1.29, 1.82) is 0 Å². The number of amides is 1. The van der Waals surface area contributed by atoms with Gasteiger partial charge in [-0.25, -0.2) is 0 Å². The van der Waals surface area contributed by atoms with Gasteiger partial charge in [-0.3, -0.25) is 14.9 Å². The molecule has 1 aromatic heterocycles. The summed E-state index contributed by atoms with van der Waals surface area (Å²) in [5.41, 5.74) is 5.31. The van der Waals surface area contributed by atoms with E-state index in [1.54, 1.807) is 6.07 Å². The van der Waals surface area contributed by atoms with Crippen molar-refractivity contribution >= 4 is 28.7 Å². The molecule has 1 aromatic carbocycles. The van der Waals surface area contributed by atoms with Crippen LogP contribution in [0, 0.1) is 10.1 Å². The summed E-state index contributed by atoms with van der Waals surface area (Å²) in [6, 6.07) is 3.71. The van der Waals surface area contributed by atoms with E-state index in [2.05, 4.69) is 10.3 Å². The van der Waals surface area contributed by atoms with Crippen molar-refractivity contribution in [3.63, 3.8) is 0 Å². The molecule has 0 fully saturated rings. The first kappa shape index (κ1) is 11.8. The Balaban J connectivity index is 2.41. The van der Waals surface area contributed by atoms with Crippen molar-refractivity contribution in [1.82, 2.24) is 4.98 Å². The fourth-order valence-corrected chi connectivity index (χ4v) is 1.40. The molecule has 0 saturated heterocycles. The van der Waals surface area contributed by atoms with Crippen LogP contribution in [0.3, 0.4) is 0 Å². The van der Waals surface area contributed by atoms with Crippen molar-refractivity contribution in [3.05, 3.63) is 28.3 Å². The molecule has 3 N–H and O–H groups in total. The van der Waals surface area contributed by atoms with Crippen molar-refractivity contribution < 1.29 is 14.1 Å². The molecule has 8 nitrogen and oxygen atoms in total. The van der Waals surface area contributed by atoms with Crippen LogP contribution in [0.5, 0.6) is 0 Å². The molecule has 0 bridgehead atoms. The van der Waals surface area contributed by atoms with Gasteiger partial charge in [-0.15, -0.1) is 0 Å². The third-order valence-electron chi connectivity index (χ3n) is 2.36. The van der Waals surface area contributed by atoms with E-state index in [9.17, 15) is 14.9 Å². The highest BCUT2D eigenvalue weighted by Crippen LogP contribution is 2.27. The largest absolute Gasteiger partial charge is 0.423 e. The van der Waals surface area contributed by atoms with Crippen LogP contribution in [0.25, 0.3) is 11.1 Å². The Morgan fingerprint density at radius 1 is 1.61 bits per heavy atom. The lowest BCUT2D eigenvalue weighted by atomic mass is 10.3. The van der Waals surface area contributed by atoms with Gasteiger partial charge in [0.2, 0.25) is 5.91 Å². The first-order valence-electron chi connectivity index (χ1n) is 5.09. The zero-order valence-corrected chi connectivity index (χ0v) is 9.41. The highest BCUT2D eigenvalue weighted by molar-refractivity contribution is 5.85. The molecule has 0 aliphatic rings. The molecule has 0 spiro atoms. The molecule has 18 heavy (non-hydrogen) atoms. The fourth-order valence-electron chi connectivity index (χ4n) is 1.40. The summed E-state index contributed by atoms with van der Waals surface area (Å²) in [5, 5.41) is 13.4. The minimum atomic E-state index is -0.683. The van der Waals surface area contributed by atoms with Crippen LogP contribution in [0.4, 0.5) is 11.7 Å². The number of anilines is 1. The van der Waals surface area contributed by atoms with Gasteiger partial charge < -0.3 is 15.5 Å². The van der Waals surface area contributed by atoms with Gasteiger partial charge >= 0.3 is 0 Å². The van der Waals surface area contributed by atoms with Gasteiger partial charge in [-0.1, -0.05) is 6.07 Å². The van der Waals surface area contributed by atoms with E-state index in [1.807, 2.05) is 0 Å². The maximum Gasteiger partial charge on any atom is 0.298 e. The van der Waals surface area contributed by atoms with Crippen LogP contribution in [0.1, 0.15) is 6.92 Å². The van der Waals surface area contributed by atoms with E-state index >= 15 is 0 Å². The predicted molar refractivity (Wildman–Crippen MR) is 62.9 cm³/mol. The number of nitrogens with two attached hydrogens (primary N) is 1. The number of para-hydroxylation sites is 1. The number of carbonyl (C=O) groups is 1. The summed E-state index contributed by atoms with van der Waals surface area (Å²) in [6.45, 7) is 1.53. The second kappa shape index (κ2) is 4.32. The van der Waals surface area contributed by atoms with Crippen LogP contribution >= 0.6 is 0 Å². The van der Waals surface area contributed by atoms with E-state index in [-0.39, 0.29) is 22.8 Å². The molecule has 1 heterocycles. The molecular formula is C10H10N4O4. The third-order valence-corrected chi connectivity index (χ3v) is 2.36. The van der Waals surface area contributed by atoms with Crippen LogP contribution in [0.2, 0.25) is 0 Å². The number of hydrogen-bond donors (Lipinski definition) is 2. The number of benzene rings is 1. The second-order valence-electron chi connectivity index (χ2n) is 3.67. The molecule has 94 valence electrons. The number of nitrogens with one attached hydrogen (secondary N) is 1. The Hall–Kier alpha value is -2.64. The second-order valence-corrected chi connectivity index (χ2v) is 3.67. The normalized spacial score (nSPS) is 12.3. The SMILES string of the molecule is CC(Nc1nc2c([N+](=O)[O-])cccc2o1)C(N)=O. The highest BCUT2D eigenvalue weighted by atomic mass is 16.6. The van der Waals surface area contributed by atoms with Gasteiger partial charge in [-0.2, -0.15) is 4.98 Å². The number of carbonyl (C=O) groups excluding carboxylic acids is 1. The molecule has 0 aliphatic heterocycles. The molecule has 0 radical (unpaired) electrons. The lowest BCUT2D eigenvalue weighted by Crippen LogP contribution is -2.32. The minimum absolute atomic E-state index is 0.0191. The number of nitro benzene ring substituents is 1. The van der Waals surface area contributed by atoms with Gasteiger partial charge in [0.25, 0.3) is 11.7 Å². The maximum atomic E-state index is 10.9. The number of nitro groups is 1. The number of fused-ring (bicyclic) bond motifs is 1. The van der Waals surface area contributed by atoms with Crippen molar-refractivity contribution in [2.45, 2.75) is 13.0 Å². The van der Waals surface area contributed by atoms with Crippen LogP contribution in [-0.4, -0.2) is 21.9 Å². The Bertz CT molecular complexity index is 621. The monoisotopic (exact) mass is 250 g/mol. The van der Waals surface area contributed by atoms with Crippen molar-refractivity contribution in [2.75, 3.05) is 5.32 Å². The first-order valence-corrected chi connectivity index (χ1v) is 5.09. The zero-order valence-electron chi connectivity index (χ0n) is 9.41. The number of nitrogens with zero attached hydrogens (tertiary/aromatic N) is 2. The quantitative estimate of drug-likeness (QED) is 0.616. The average Bonchev–Trinajstić information content (AvgIpc) is 2.70. The summed E-state index contributed by atoms with van der Waals surface area (Å²) >= 11 is 0. The van der Waals surface area contributed by atoms with Gasteiger partial charge in [0.05, 0.1) is 4.92 Å². The lowest BCUT2D eigenvalue weighted by molar-refractivity contribution is -0.383. The summed E-state index contributed by atoms with van der Waals surface area (Å²) in [6.07, 6.45) is 0. The molecule has 0 aliphatic carbocycles. The van der Waals surface area contributed by atoms with Gasteiger partial charge in [0.1, 0.15) is 6.04 Å². The molecule has 2 aromatic rings. The van der Waals surface area contributed by atoms with Crippen LogP contribution in [-0.2, 0) is 4.79 Å². The van der Waals surface area contributed by atoms with Gasteiger partial charge in [-0.05, 0) is 13.0 Å². The van der Waals surface area contributed by atoms with E-state index in [1.165, 1.54) is 19.1 Å². The molecule has 1 atom stereocenters. The zero-order chi connectivity index (χ0) is 13.3. The van der Waals surface area contributed by atoms with Gasteiger partial charge in [0.15, 0.2) is 11.1 Å². The standard InChI is InChI=1S/C10H10N4O4/c1-5(9(11)15)12-10-13-8-6(14(16)17)3-2-4-7(8)18-10/h2-5H,1H3,(H2,11,15)(H,12,13). The van der Waals surface area contributed by atoms with Crippen molar-refractivity contribution in [2.24, 2.45) is 5.73 Å². The molecular weight excluding hydrogens is 240 g/mol. The number of rotatable bonds is 4.